The number of carboxylic acids is 1. The number of nitrogens with zero attached hydrogens (tertiary/aromatic N) is 4. The summed E-state index contributed by atoms with van der Waals surface area (Å²) < 4.78 is 1.91. The molecule has 0 saturated carbocycles. The summed E-state index contributed by atoms with van der Waals surface area (Å²) in [7, 11) is 0. The third-order valence-electron chi connectivity index (χ3n) is 4.07. The summed E-state index contributed by atoms with van der Waals surface area (Å²) in [5.41, 5.74) is 2.95. The highest BCUT2D eigenvalue weighted by Gasteiger charge is 2.25. The molecule has 2 aromatic rings. The maximum atomic E-state index is 11.2. The van der Waals surface area contributed by atoms with E-state index in [9.17, 15) is 9.90 Å². The van der Waals surface area contributed by atoms with Crippen molar-refractivity contribution in [3.8, 4) is 0 Å². The molecule has 0 radical (unpaired) electrons. The average Bonchev–Trinajstić information content (AvgIpc) is 2.90. The van der Waals surface area contributed by atoms with Crippen LogP contribution in [0.4, 0.5) is 5.69 Å². The van der Waals surface area contributed by atoms with Gasteiger partial charge in [0.05, 0.1) is 11.4 Å². The van der Waals surface area contributed by atoms with Gasteiger partial charge in [-0.1, -0.05) is 12.1 Å². The lowest BCUT2D eigenvalue weighted by molar-refractivity contribution is -0.141. The van der Waals surface area contributed by atoms with Gasteiger partial charge < -0.3 is 10.0 Å². The largest absolute Gasteiger partial charge is 0.481 e. The second-order valence-corrected chi connectivity index (χ2v) is 5.61. The summed E-state index contributed by atoms with van der Waals surface area (Å²) in [5.74, 6) is -0.972. The van der Waals surface area contributed by atoms with Crippen LogP contribution in [-0.2, 0) is 11.3 Å². The van der Waals surface area contributed by atoms with Crippen molar-refractivity contribution in [2.75, 3.05) is 18.0 Å². The van der Waals surface area contributed by atoms with Crippen LogP contribution in [0.5, 0.6) is 0 Å². The second-order valence-electron chi connectivity index (χ2n) is 5.61. The van der Waals surface area contributed by atoms with Crippen molar-refractivity contribution in [1.29, 1.82) is 0 Å². The van der Waals surface area contributed by atoms with E-state index >= 15 is 0 Å². The van der Waals surface area contributed by atoms with Crippen LogP contribution in [0.2, 0.25) is 0 Å². The molecule has 1 fully saturated rings. The van der Waals surface area contributed by atoms with E-state index in [0.29, 0.717) is 6.54 Å². The number of rotatable bonds is 4. The van der Waals surface area contributed by atoms with Crippen molar-refractivity contribution >= 4 is 22.7 Å². The number of piperidine rings is 1. The molecule has 0 amide bonds. The van der Waals surface area contributed by atoms with Gasteiger partial charge in [0.1, 0.15) is 5.52 Å². The summed E-state index contributed by atoms with van der Waals surface area (Å²) >= 11 is 0. The molecular weight excluding hydrogens is 268 g/mol. The summed E-state index contributed by atoms with van der Waals surface area (Å²) in [6, 6.07) is 6.09. The average molecular weight is 288 g/mol. The Balaban J connectivity index is 1.85. The number of carbonyl (C=O) groups is 1. The zero-order valence-corrected chi connectivity index (χ0v) is 12.2. The molecule has 1 atom stereocenters. The highest BCUT2D eigenvalue weighted by atomic mass is 16.4. The maximum absolute atomic E-state index is 11.2. The van der Waals surface area contributed by atoms with E-state index < -0.39 is 5.97 Å². The van der Waals surface area contributed by atoms with Crippen molar-refractivity contribution < 1.29 is 9.90 Å². The van der Waals surface area contributed by atoms with Crippen LogP contribution in [0.3, 0.4) is 0 Å². The molecule has 1 aromatic carbocycles. The Morgan fingerprint density at radius 3 is 3.10 bits per heavy atom. The van der Waals surface area contributed by atoms with Gasteiger partial charge in [0, 0.05) is 25.3 Å². The quantitative estimate of drug-likeness (QED) is 0.933. The molecule has 3 rings (SSSR count). The Labute approximate surface area is 123 Å². The van der Waals surface area contributed by atoms with Crippen LogP contribution in [0.15, 0.2) is 18.2 Å². The van der Waals surface area contributed by atoms with E-state index in [4.69, 9.17) is 0 Å². The molecule has 2 heterocycles. The van der Waals surface area contributed by atoms with E-state index in [-0.39, 0.29) is 5.92 Å². The number of carboxylic acid groups (broad SMARTS) is 1. The van der Waals surface area contributed by atoms with Crippen molar-refractivity contribution in [3.05, 3.63) is 18.2 Å². The normalized spacial score (nSPS) is 19.1. The highest BCUT2D eigenvalue weighted by Crippen LogP contribution is 2.26. The molecule has 6 nitrogen and oxygen atoms in total. The maximum Gasteiger partial charge on any atom is 0.308 e. The number of hydrogen-bond donors (Lipinski definition) is 1. The molecule has 1 aliphatic rings. The minimum atomic E-state index is -0.699. The van der Waals surface area contributed by atoms with Crippen molar-refractivity contribution in [1.82, 2.24) is 15.0 Å². The Morgan fingerprint density at radius 1 is 1.48 bits per heavy atom. The molecule has 1 aliphatic heterocycles. The van der Waals surface area contributed by atoms with E-state index in [0.717, 1.165) is 49.1 Å². The van der Waals surface area contributed by atoms with Gasteiger partial charge in [-0.2, -0.15) is 0 Å². The first-order valence-corrected chi connectivity index (χ1v) is 7.50. The second kappa shape index (κ2) is 5.71. The fraction of sp³-hybridized carbons (Fsp3) is 0.533. The fourth-order valence-corrected chi connectivity index (χ4v) is 2.95. The lowest BCUT2D eigenvalue weighted by Gasteiger charge is -2.32. The van der Waals surface area contributed by atoms with Gasteiger partial charge in [0.2, 0.25) is 0 Å². The standard InChI is InChI=1S/C15H20N4O2/c1-2-7-19-14-6-5-12(9-13(14)16-17-19)18-8-3-4-11(10-18)15(20)21/h5-6,9,11H,2-4,7-8,10H2,1H3,(H,20,21). The number of benzene rings is 1. The SMILES string of the molecule is CCCn1nnc2cc(N3CCCC(C(=O)O)C3)ccc21. The van der Waals surface area contributed by atoms with Gasteiger partial charge in [-0.25, -0.2) is 4.68 Å². The first kappa shape index (κ1) is 13.9. The van der Waals surface area contributed by atoms with Crippen LogP contribution in [0.1, 0.15) is 26.2 Å². The van der Waals surface area contributed by atoms with Crippen LogP contribution in [0.25, 0.3) is 11.0 Å². The van der Waals surface area contributed by atoms with Crippen LogP contribution in [0, 0.1) is 5.92 Å². The number of fused-ring (bicyclic) bond motifs is 1. The number of anilines is 1. The van der Waals surface area contributed by atoms with Gasteiger partial charge >= 0.3 is 5.97 Å². The predicted molar refractivity (Wildman–Crippen MR) is 80.4 cm³/mol. The van der Waals surface area contributed by atoms with Gasteiger partial charge in [0.15, 0.2) is 0 Å². The molecule has 1 N–H and O–H groups in total. The summed E-state index contributed by atoms with van der Waals surface area (Å²) in [6.07, 6.45) is 2.70. The van der Waals surface area contributed by atoms with Crippen LogP contribution >= 0.6 is 0 Å². The van der Waals surface area contributed by atoms with E-state index in [1.54, 1.807) is 0 Å². The van der Waals surface area contributed by atoms with Crippen molar-refractivity contribution in [2.24, 2.45) is 5.92 Å². The molecule has 0 bridgehead atoms. The highest BCUT2D eigenvalue weighted by molar-refractivity contribution is 5.79. The van der Waals surface area contributed by atoms with Gasteiger partial charge in [-0.3, -0.25) is 4.79 Å². The summed E-state index contributed by atoms with van der Waals surface area (Å²) in [4.78, 5) is 13.3. The van der Waals surface area contributed by atoms with Crippen molar-refractivity contribution in [3.63, 3.8) is 0 Å². The fourth-order valence-electron chi connectivity index (χ4n) is 2.95. The monoisotopic (exact) mass is 288 g/mol. The van der Waals surface area contributed by atoms with Crippen LogP contribution in [-0.4, -0.2) is 39.2 Å². The molecule has 1 aromatic heterocycles. The Hall–Kier alpha value is -2.11. The zero-order chi connectivity index (χ0) is 14.8. The number of hydrogen-bond acceptors (Lipinski definition) is 4. The van der Waals surface area contributed by atoms with Gasteiger partial charge in [-0.15, -0.1) is 5.10 Å². The number of aliphatic carboxylic acids is 1. The first-order chi connectivity index (χ1) is 10.2. The molecule has 0 spiro atoms. The Morgan fingerprint density at radius 2 is 2.33 bits per heavy atom. The summed E-state index contributed by atoms with van der Waals surface area (Å²) in [5, 5.41) is 17.6. The van der Waals surface area contributed by atoms with E-state index in [1.807, 2.05) is 22.9 Å². The van der Waals surface area contributed by atoms with Gasteiger partial charge in [-0.05, 0) is 37.5 Å². The van der Waals surface area contributed by atoms with E-state index in [1.165, 1.54) is 0 Å². The summed E-state index contributed by atoms with van der Waals surface area (Å²) in [6.45, 7) is 4.45. The third kappa shape index (κ3) is 2.70. The van der Waals surface area contributed by atoms with Crippen molar-refractivity contribution in [2.45, 2.75) is 32.7 Å². The lowest BCUT2D eigenvalue weighted by Crippen LogP contribution is -2.38. The number of aromatic nitrogens is 3. The molecule has 1 saturated heterocycles. The van der Waals surface area contributed by atoms with E-state index in [2.05, 4.69) is 22.1 Å². The minimum absolute atomic E-state index is 0.273. The zero-order valence-electron chi connectivity index (χ0n) is 12.2. The molecule has 6 heteroatoms. The smallest absolute Gasteiger partial charge is 0.308 e. The lowest BCUT2D eigenvalue weighted by atomic mass is 9.98. The minimum Gasteiger partial charge on any atom is -0.481 e. The third-order valence-corrected chi connectivity index (χ3v) is 4.07. The first-order valence-electron chi connectivity index (χ1n) is 7.50. The molecule has 0 aliphatic carbocycles. The molecular formula is C15H20N4O2. The Kier molecular flexibility index (Phi) is 3.77. The number of aryl methyl sites for hydroxylation is 1. The Bertz CT molecular complexity index is 652. The molecule has 112 valence electrons. The predicted octanol–water partition coefficient (Wildman–Crippen LogP) is 2.14. The van der Waals surface area contributed by atoms with Crippen LogP contribution < -0.4 is 4.90 Å². The molecule has 21 heavy (non-hydrogen) atoms. The topological polar surface area (TPSA) is 71.2 Å². The van der Waals surface area contributed by atoms with Gasteiger partial charge in [0.25, 0.3) is 0 Å². The molecule has 1 unspecified atom stereocenters.